The molecule has 0 aliphatic heterocycles. The zero-order valence-corrected chi connectivity index (χ0v) is 20.5. The van der Waals surface area contributed by atoms with Crippen LogP contribution in [0.4, 0.5) is 11.6 Å². The summed E-state index contributed by atoms with van der Waals surface area (Å²) in [5.41, 5.74) is 23.7. The number of aliphatic imine (C=N–C) groups is 1. The zero-order chi connectivity index (χ0) is 25.5. The number of carbonyl (C=O) groups excluding carboxylic acids is 1. The summed E-state index contributed by atoms with van der Waals surface area (Å²) >= 11 is 0. The second-order valence-electron chi connectivity index (χ2n) is 7.77. The third-order valence-electron chi connectivity index (χ3n) is 5.09. The number of carbonyl (C=O) groups is 1. The van der Waals surface area contributed by atoms with Crippen LogP contribution in [0.1, 0.15) is 41.0 Å². The number of aryl methyl sites for hydroxylation is 2. The van der Waals surface area contributed by atoms with E-state index in [-0.39, 0.29) is 5.69 Å². The lowest BCUT2D eigenvalue weighted by Gasteiger charge is -2.08. The molecule has 1 heterocycles. The smallest absolute Gasteiger partial charge is 0.172 e. The van der Waals surface area contributed by atoms with Gasteiger partial charge >= 0.3 is 0 Å². The van der Waals surface area contributed by atoms with E-state index < -0.39 is 0 Å². The number of hydrazine groups is 1. The Morgan fingerprint density at radius 3 is 2.57 bits per heavy atom. The minimum Gasteiger partial charge on any atom is -0.494 e. The average molecular weight is 481 g/mol. The summed E-state index contributed by atoms with van der Waals surface area (Å²) in [6.45, 7) is 3.84. The molecule has 8 N–H and O–H groups in total. The second-order valence-corrected chi connectivity index (χ2v) is 7.77. The van der Waals surface area contributed by atoms with Gasteiger partial charge in [0, 0.05) is 13.6 Å². The number of aldehydes is 1. The molecule has 0 unspecified atom stereocenters. The molecule has 0 amide bonds. The van der Waals surface area contributed by atoms with Gasteiger partial charge < -0.3 is 27.4 Å². The summed E-state index contributed by atoms with van der Waals surface area (Å²) in [6.07, 6.45) is 6.15. The summed E-state index contributed by atoms with van der Waals surface area (Å²) in [7, 11) is 1.66. The van der Waals surface area contributed by atoms with Gasteiger partial charge in [-0.3, -0.25) is 9.79 Å². The van der Waals surface area contributed by atoms with Crippen molar-refractivity contribution in [1.82, 2.24) is 15.4 Å². The molecule has 0 aliphatic rings. The number of fused-ring (bicyclic) bond motifs is 1. The maximum Gasteiger partial charge on any atom is 0.172 e. The number of rotatable bonds is 12. The van der Waals surface area contributed by atoms with Gasteiger partial charge in [-0.05, 0) is 67.6 Å². The van der Waals surface area contributed by atoms with Crippen molar-refractivity contribution >= 4 is 35.0 Å². The molecule has 2 aromatic carbocycles. The minimum atomic E-state index is 0.237. The number of aromatic nitrogens is 2. The Morgan fingerprint density at radius 1 is 1.09 bits per heavy atom. The molecule has 10 heteroatoms. The summed E-state index contributed by atoms with van der Waals surface area (Å²) in [4.78, 5) is 22.5. The molecule has 0 radical (unpaired) electrons. The summed E-state index contributed by atoms with van der Waals surface area (Å²) in [6, 6.07) is 12.8. The lowest BCUT2D eigenvalue weighted by atomic mass is 10.0. The van der Waals surface area contributed by atoms with Crippen molar-refractivity contribution in [1.29, 1.82) is 0 Å². The van der Waals surface area contributed by atoms with E-state index in [0.29, 0.717) is 36.8 Å². The van der Waals surface area contributed by atoms with Crippen LogP contribution in [0.25, 0.3) is 10.8 Å². The van der Waals surface area contributed by atoms with Gasteiger partial charge in [-0.15, -0.1) is 0 Å². The number of nitrogens with zero attached hydrogens (tertiary/aromatic N) is 3. The van der Waals surface area contributed by atoms with Crippen molar-refractivity contribution in [3.8, 4) is 5.75 Å². The molecule has 0 spiro atoms. The van der Waals surface area contributed by atoms with Crippen molar-refractivity contribution < 1.29 is 9.53 Å². The maximum absolute atomic E-state index is 10.6. The standard InChI is InChI=1S/C18H25N3O.C7H11N5O/c19-9-3-11-22-18-8-7-16-12-15(5-6-17(16)13-18)4-1-2-10-21-14-20;1-4-6(8)11-7(12-9-2)5(3-13)10-4/h5-8,12-14H,1-4,9-11,19H2,(H2,20,21);3,9H,1-2H3,(H3,8,11,12). The Hall–Kier alpha value is -3.76. The van der Waals surface area contributed by atoms with Crippen LogP contribution in [-0.4, -0.2) is 49.3 Å². The first kappa shape index (κ1) is 27.5. The van der Waals surface area contributed by atoms with Gasteiger partial charge in [0.05, 0.1) is 18.6 Å². The highest BCUT2D eigenvalue weighted by Gasteiger charge is 2.07. The quantitative estimate of drug-likeness (QED) is 0.0860. The summed E-state index contributed by atoms with van der Waals surface area (Å²) in [5.74, 6) is 1.55. The number of hydrogen-bond acceptors (Lipinski definition) is 9. The van der Waals surface area contributed by atoms with E-state index in [2.05, 4.69) is 56.1 Å². The number of benzene rings is 2. The molecule has 0 bridgehead atoms. The number of nitrogens with one attached hydrogen (secondary N) is 2. The number of unbranched alkanes of at least 4 members (excludes halogenated alkanes) is 1. The number of ether oxygens (including phenoxy) is 1. The van der Waals surface area contributed by atoms with Gasteiger partial charge in [0.1, 0.15) is 17.3 Å². The highest BCUT2D eigenvalue weighted by atomic mass is 16.5. The fraction of sp³-hybridized carbons (Fsp3) is 0.360. The Balaban J connectivity index is 0.000000283. The number of anilines is 2. The molecular weight excluding hydrogens is 444 g/mol. The molecular formula is C25H36N8O2. The molecule has 0 saturated heterocycles. The minimum absolute atomic E-state index is 0.237. The largest absolute Gasteiger partial charge is 0.494 e. The van der Waals surface area contributed by atoms with E-state index in [0.717, 1.165) is 38.0 Å². The molecule has 10 nitrogen and oxygen atoms in total. The van der Waals surface area contributed by atoms with Gasteiger partial charge in [0.25, 0.3) is 0 Å². The predicted octanol–water partition coefficient (Wildman–Crippen LogP) is 2.60. The molecule has 35 heavy (non-hydrogen) atoms. The molecule has 3 aromatic rings. The average Bonchev–Trinajstić information content (AvgIpc) is 2.86. The van der Waals surface area contributed by atoms with E-state index in [1.54, 1.807) is 14.0 Å². The zero-order valence-electron chi connectivity index (χ0n) is 20.5. The first-order valence-corrected chi connectivity index (χ1v) is 11.6. The SMILES string of the molecule is CNNc1nc(N)c(C)nc1C=O.NC=NCCCCc1ccc2cc(OCCCN)ccc2c1. The lowest BCUT2D eigenvalue weighted by Crippen LogP contribution is -2.19. The van der Waals surface area contributed by atoms with E-state index in [9.17, 15) is 4.79 Å². The third-order valence-corrected chi connectivity index (χ3v) is 5.09. The Labute approximate surface area is 206 Å². The molecule has 3 rings (SSSR count). The van der Waals surface area contributed by atoms with Crippen molar-refractivity contribution in [3.05, 3.63) is 53.3 Å². The van der Waals surface area contributed by atoms with Gasteiger partial charge in [0.2, 0.25) is 0 Å². The first-order chi connectivity index (χ1) is 17.0. The highest BCUT2D eigenvalue weighted by molar-refractivity contribution is 5.84. The molecule has 188 valence electrons. The van der Waals surface area contributed by atoms with Crippen LogP contribution in [-0.2, 0) is 6.42 Å². The number of hydrogen-bond donors (Lipinski definition) is 5. The van der Waals surface area contributed by atoms with Crippen molar-refractivity contribution in [2.75, 3.05) is 37.9 Å². The van der Waals surface area contributed by atoms with E-state index >= 15 is 0 Å². The predicted molar refractivity (Wildman–Crippen MR) is 143 cm³/mol. The Bertz CT molecular complexity index is 1100. The van der Waals surface area contributed by atoms with Gasteiger partial charge in [-0.2, -0.15) is 0 Å². The van der Waals surface area contributed by atoms with Crippen molar-refractivity contribution in [2.24, 2.45) is 16.5 Å². The van der Waals surface area contributed by atoms with Crippen LogP contribution < -0.4 is 32.8 Å². The molecule has 0 aliphatic carbocycles. The monoisotopic (exact) mass is 480 g/mol. The highest BCUT2D eigenvalue weighted by Crippen LogP contribution is 2.23. The van der Waals surface area contributed by atoms with Crippen LogP contribution in [0.3, 0.4) is 0 Å². The summed E-state index contributed by atoms with van der Waals surface area (Å²) in [5, 5.41) is 2.46. The van der Waals surface area contributed by atoms with Crippen LogP contribution in [0.15, 0.2) is 41.4 Å². The van der Waals surface area contributed by atoms with E-state index in [1.165, 1.54) is 22.7 Å². The lowest BCUT2D eigenvalue weighted by molar-refractivity contribution is 0.111. The Kier molecular flexibility index (Phi) is 11.9. The fourth-order valence-electron chi connectivity index (χ4n) is 3.24. The fourth-order valence-corrected chi connectivity index (χ4v) is 3.24. The van der Waals surface area contributed by atoms with Crippen LogP contribution in [0.2, 0.25) is 0 Å². The third kappa shape index (κ3) is 9.19. The van der Waals surface area contributed by atoms with Crippen molar-refractivity contribution in [2.45, 2.75) is 32.6 Å². The van der Waals surface area contributed by atoms with Crippen molar-refractivity contribution in [3.63, 3.8) is 0 Å². The van der Waals surface area contributed by atoms with Gasteiger partial charge in [-0.1, -0.05) is 24.3 Å². The van der Waals surface area contributed by atoms with E-state index in [1.807, 2.05) is 6.07 Å². The molecule has 0 saturated carbocycles. The summed E-state index contributed by atoms with van der Waals surface area (Å²) < 4.78 is 5.68. The normalized spacial score (nSPS) is 10.7. The van der Waals surface area contributed by atoms with E-state index in [4.69, 9.17) is 21.9 Å². The number of nitrogen functional groups attached to an aromatic ring is 1. The van der Waals surface area contributed by atoms with Crippen LogP contribution in [0.5, 0.6) is 5.75 Å². The Morgan fingerprint density at radius 2 is 1.86 bits per heavy atom. The molecule has 0 atom stereocenters. The topological polar surface area (TPSA) is 167 Å². The maximum atomic E-state index is 10.6. The first-order valence-electron chi connectivity index (χ1n) is 11.6. The second kappa shape index (κ2) is 15.2. The molecule has 1 aromatic heterocycles. The van der Waals surface area contributed by atoms with Crippen LogP contribution in [0, 0.1) is 6.92 Å². The van der Waals surface area contributed by atoms with Crippen LogP contribution >= 0.6 is 0 Å². The van der Waals surface area contributed by atoms with Gasteiger partial charge in [-0.25, -0.2) is 15.4 Å². The number of nitrogens with two attached hydrogens (primary N) is 3. The molecule has 0 fully saturated rings. The van der Waals surface area contributed by atoms with Gasteiger partial charge in [0.15, 0.2) is 12.1 Å².